The molecule has 0 radical (unpaired) electrons. The van der Waals surface area contributed by atoms with Gasteiger partial charge in [-0.3, -0.25) is 0 Å². The molecule has 1 fully saturated rings. The molecule has 22 heavy (non-hydrogen) atoms. The van der Waals surface area contributed by atoms with Gasteiger partial charge in [-0.25, -0.2) is 4.98 Å². The summed E-state index contributed by atoms with van der Waals surface area (Å²) in [6.07, 6.45) is 4.25. The Bertz CT molecular complexity index is 579. The molecule has 3 nitrogen and oxygen atoms in total. The first kappa shape index (κ1) is 15.9. The average molecular weight is 318 g/mol. The van der Waals surface area contributed by atoms with Gasteiger partial charge in [-0.1, -0.05) is 25.5 Å². The lowest BCUT2D eigenvalue weighted by Crippen LogP contribution is -2.36. The second kappa shape index (κ2) is 7.07. The zero-order valence-corrected chi connectivity index (χ0v) is 14.3. The molecule has 0 bridgehead atoms. The number of benzene rings is 1. The number of fused-ring (bicyclic) bond motifs is 1. The van der Waals surface area contributed by atoms with E-state index < -0.39 is 0 Å². The van der Waals surface area contributed by atoms with Crippen molar-refractivity contribution in [2.75, 3.05) is 6.54 Å². The highest BCUT2D eigenvalue weighted by Crippen LogP contribution is 2.29. The molecule has 4 unspecified atom stereocenters. The number of thiazole rings is 1. The molecule has 0 amide bonds. The minimum atomic E-state index is -0.0856. The third kappa shape index (κ3) is 3.67. The van der Waals surface area contributed by atoms with E-state index in [9.17, 15) is 5.11 Å². The Labute approximate surface area is 136 Å². The molecule has 4 heteroatoms. The second-order valence-electron chi connectivity index (χ2n) is 6.69. The fourth-order valence-corrected chi connectivity index (χ4v) is 4.40. The molecule has 0 spiro atoms. The van der Waals surface area contributed by atoms with E-state index in [1.54, 1.807) is 11.3 Å². The zero-order chi connectivity index (χ0) is 15.5. The lowest BCUT2D eigenvalue weighted by atomic mass is 9.87. The number of aliphatic hydroxyl groups is 1. The van der Waals surface area contributed by atoms with Crippen molar-refractivity contribution in [3.8, 4) is 0 Å². The normalized spacial score (nSPS) is 25.2. The summed E-state index contributed by atoms with van der Waals surface area (Å²) in [5, 5.41) is 14.7. The monoisotopic (exact) mass is 318 g/mol. The molecule has 2 N–H and O–H groups in total. The van der Waals surface area contributed by atoms with Gasteiger partial charge in [0.1, 0.15) is 0 Å². The summed E-state index contributed by atoms with van der Waals surface area (Å²) in [4.78, 5) is 4.78. The van der Waals surface area contributed by atoms with Crippen molar-refractivity contribution in [3.63, 3.8) is 0 Å². The molecule has 2 aromatic rings. The van der Waals surface area contributed by atoms with Crippen LogP contribution >= 0.6 is 11.3 Å². The largest absolute Gasteiger partial charge is 0.393 e. The Morgan fingerprint density at radius 1 is 1.32 bits per heavy atom. The van der Waals surface area contributed by atoms with Crippen LogP contribution in [0.4, 0.5) is 0 Å². The first-order valence-corrected chi connectivity index (χ1v) is 9.22. The number of hydrogen-bond acceptors (Lipinski definition) is 4. The van der Waals surface area contributed by atoms with Gasteiger partial charge in [0.2, 0.25) is 0 Å². The van der Waals surface area contributed by atoms with E-state index in [2.05, 4.69) is 37.4 Å². The van der Waals surface area contributed by atoms with Gasteiger partial charge in [-0.15, -0.1) is 11.3 Å². The van der Waals surface area contributed by atoms with E-state index in [1.807, 2.05) is 6.07 Å². The van der Waals surface area contributed by atoms with Crippen molar-refractivity contribution in [3.05, 3.63) is 29.3 Å². The van der Waals surface area contributed by atoms with E-state index in [4.69, 9.17) is 4.98 Å². The fourth-order valence-electron chi connectivity index (χ4n) is 3.28. The number of aliphatic hydroxyl groups excluding tert-OH is 1. The predicted octanol–water partition coefficient (Wildman–Crippen LogP) is 3.93. The average Bonchev–Trinajstić information content (AvgIpc) is 2.96. The summed E-state index contributed by atoms with van der Waals surface area (Å²) in [5.74, 6) is 1.03. The number of aromatic nitrogens is 1. The maximum Gasteiger partial charge on any atom is 0.0982 e. The van der Waals surface area contributed by atoms with E-state index >= 15 is 0 Å². The molecule has 120 valence electrons. The van der Waals surface area contributed by atoms with Crippen molar-refractivity contribution in [1.29, 1.82) is 0 Å². The SMILES string of the molecule is CC(NCC1CCCC(O)C1)C(C)c1nc2ccccc2s1. The summed E-state index contributed by atoms with van der Waals surface area (Å²) >= 11 is 1.80. The second-order valence-corrected chi connectivity index (χ2v) is 7.75. The van der Waals surface area contributed by atoms with Crippen LogP contribution in [0.2, 0.25) is 0 Å². The number of rotatable bonds is 5. The molecule has 1 aliphatic rings. The minimum absolute atomic E-state index is 0.0856. The third-order valence-corrected chi connectivity index (χ3v) is 6.17. The summed E-state index contributed by atoms with van der Waals surface area (Å²) < 4.78 is 1.27. The molecule has 3 rings (SSSR count). The highest BCUT2D eigenvalue weighted by Gasteiger charge is 2.22. The number of nitrogens with zero attached hydrogens (tertiary/aromatic N) is 1. The van der Waals surface area contributed by atoms with Crippen molar-refractivity contribution in [1.82, 2.24) is 10.3 Å². The van der Waals surface area contributed by atoms with Crippen molar-refractivity contribution >= 4 is 21.6 Å². The van der Waals surface area contributed by atoms with Crippen LogP contribution in [-0.2, 0) is 0 Å². The lowest BCUT2D eigenvalue weighted by Gasteiger charge is -2.28. The molecule has 1 heterocycles. The van der Waals surface area contributed by atoms with E-state index in [1.165, 1.54) is 16.1 Å². The molecule has 1 aromatic heterocycles. The van der Waals surface area contributed by atoms with Gasteiger partial charge >= 0.3 is 0 Å². The number of hydrogen-bond donors (Lipinski definition) is 2. The van der Waals surface area contributed by atoms with Crippen LogP contribution in [0.3, 0.4) is 0 Å². The smallest absolute Gasteiger partial charge is 0.0982 e. The van der Waals surface area contributed by atoms with Gasteiger partial charge in [-0.05, 0) is 50.8 Å². The molecule has 1 aliphatic carbocycles. The van der Waals surface area contributed by atoms with Crippen LogP contribution in [-0.4, -0.2) is 28.8 Å². The Balaban J connectivity index is 1.58. The summed E-state index contributed by atoms with van der Waals surface area (Å²) in [6.45, 7) is 5.51. The van der Waals surface area contributed by atoms with Gasteiger partial charge < -0.3 is 10.4 Å². The Kier molecular flexibility index (Phi) is 5.11. The van der Waals surface area contributed by atoms with Crippen molar-refractivity contribution < 1.29 is 5.11 Å². The first-order chi connectivity index (χ1) is 10.6. The van der Waals surface area contributed by atoms with Crippen LogP contribution in [0.25, 0.3) is 10.2 Å². The van der Waals surface area contributed by atoms with Crippen molar-refractivity contribution in [2.24, 2.45) is 5.92 Å². The van der Waals surface area contributed by atoms with Crippen LogP contribution in [0.1, 0.15) is 50.5 Å². The Morgan fingerprint density at radius 3 is 2.91 bits per heavy atom. The standard InChI is InChI=1S/C18H26N2OS/c1-12(18-20-16-8-3-4-9-17(16)22-18)13(2)19-11-14-6-5-7-15(21)10-14/h3-4,8-9,12-15,19,21H,5-7,10-11H2,1-2H3. The highest BCUT2D eigenvalue weighted by atomic mass is 32.1. The topological polar surface area (TPSA) is 45.1 Å². The van der Waals surface area contributed by atoms with Crippen LogP contribution in [0.5, 0.6) is 0 Å². The number of para-hydroxylation sites is 1. The van der Waals surface area contributed by atoms with Gasteiger partial charge in [-0.2, -0.15) is 0 Å². The van der Waals surface area contributed by atoms with Gasteiger partial charge in [0.15, 0.2) is 0 Å². The number of nitrogens with one attached hydrogen (secondary N) is 1. The minimum Gasteiger partial charge on any atom is -0.393 e. The quantitative estimate of drug-likeness (QED) is 0.878. The van der Waals surface area contributed by atoms with Gasteiger partial charge in [0.05, 0.1) is 21.3 Å². The molecule has 0 aliphatic heterocycles. The maximum absolute atomic E-state index is 9.78. The molecular formula is C18H26N2OS. The van der Waals surface area contributed by atoms with Crippen LogP contribution in [0, 0.1) is 5.92 Å². The first-order valence-electron chi connectivity index (χ1n) is 8.40. The zero-order valence-electron chi connectivity index (χ0n) is 13.5. The van der Waals surface area contributed by atoms with E-state index in [0.29, 0.717) is 17.9 Å². The molecule has 1 aromatic carbocycles. The highest BCUT2D eigenvalue weighted by molar-refractivity contribution is 7.18. The van der Waals surface area contributed by atoms with E-state index in [-0.39, 0.29) is 6.10 Å². The fraction of sp³-hybridized carbons (Fsp3) is 0.611. The van der Waals surface area contributed by atoms with Crippen LogP contribution < -0.4 is 5.32 Å². The third-order valence-electron chi connectivity index (χ3n) is 4.93. The molecule has 1 saturated carbocycles. The maximum atomic E-state index is 9.78. The Hall–Kier alpha value is -0.970. The van der Waals surface area contributed by atoms with Crippen LogP contribution in [0.15, 0.2) is 24.3 Å². The molecular weight excluding hydrogens is 292 g/mol. The predicted molar refractivity (Wildman–Crippen MR) is 93.5 cm³/mol. The van der Waals surface area contributed by atoms with Crippen molar-refractivity contribution in [2.45, 2.75) is 57.6 Å². The van der Waals surface area contributed by atoms with E-state index in [0.717, 1.165) is 31.3 Å². The summed E-state index contributed by atoms with van der Waals surface area (Å²) in [5.41, 5.74) is 1.11. The van der Waals surface area contributed by atoms with Gasteiger partial charge in [0, 0.05) is 12.0 Å². The van der Waals surface area contributed by atoms with Gasteiger partial charge in [0.25, 0.3) is 0 Å². The lowest BCUT2D eigenvalue weighted by molar-refractivity contribution is 0.0995. The molecule has 4 atom stereocenters. The summed E-state index contributed by atoms with van der Waals surface area (Å²) in [7, 11) is 0. The molecule has 0 saturated heterocycles. The Morgan fingerprint density at radius 2 is 2.14 bits per heavy atom. The summed E-state index contributed by atoms with van der Waals surface area (Å²) in [6, 6.07) is 8.76.